The maximum atomic E-state index is 14.3. The van der Waals surface area contributed by atoms with Crippen LogP contribution in [0.5, 0.6) is 0 Å². The van der Waals surface area contributed by atoms with E-state index in [2.05, 4.69) is 4.98 Å². The molecule has 0 bridgehead atoms. The van der Waals surface area contributed by atoms with E-state index in [0.717, 1.165) is 23.5 Å². The molecule has 0 fully saturated rings. The van der Waals surface area contributed by atoms with E-state index < -0.39 is 28.4 Å². The Morgan fingerprint density at radius 1 is 1.17 bits per heavy atom. The normalized spacial score (nSPS) is 11.1. The van der Waals surface area contributed by atoms with Crippen LogP contribution in [0.2, 0.25) is 5.02 Å². The van der Waals surface area contributed by atoms with Crippen molar-refractivity contribution in [1.29, 1.82) is 0 Å². The minimum Gasteiger partial charge on any atom is -0.478 e. The Bertz CT molecular complexity index is 1250. The lowest BCUT2D eigenvalue weighted by molar-refractivity contribution is 0.0697. The molecule has 2 heterocycles. The fourth-order valence-electron chi connectivity index (χ4n) is 2.89. The number of carbonyl (C=O) groups is 2. The molecule has 0 radical (unpaired) electrons. The van der Waals surface area contributed by atoms with E-state index in [1.807, 2.05) is 0 Å². The van der Waals surface area contributed by atoms with Gasteiger partial charge in [-0.25, -0.2) is 18.6 Å². The molecular formula is C20H10ClF2NO4S. The number of halogens is 3. The van der Waals surface area contributed by atoms with Gasteiger partial charge in [0.05, 0.1) is 15.5 Å². The number of aromatic nitrogens is 1. The van der Waals surface area contributed by atoms with Gasteiger partial charge >= 0.3 is 5.97 Å². The molecule has 4 rings (SSSR count). The van der Waals surface area contributed by atoms with Crippen LogP contribution in [0.25, 0.3) is 21.5 Å². The Morgan fingerprint density at radius 3 is 2.66 bits per heavy atom. The monoisotopic (exact) mass is 433 g/mol. The zero-order chi connectivity index (χ0) is 20.7. The van der Waals surface area contributed by atoms with Crippen LogP contribution >= 0.6 is 22.9 Å². The van der Waals surface area contributed by atoms with Gasteiger partial charge in [0.1, 0.15) is 17.2 Å². The molecule has 0 aliphatic rings. The van der Waals surface area contributed by atoms with Crippen LogP contribution in [0.1, 0.15) is 26.6 Å². The maximum Gasteiger partial charge on any atom is 0.337 e. The highest BCUT2D eigenvalue weighted by Crippen LogP contribution is 2.37. The summed E-state index contributed by atoms with van der Waals surface area (Å²) in [7, 11) is 0. The van der Waals surface area contributed by atoms with Crippen LogP contribution in [0.15, 0.2) is 46.2 Å². The quantitative estimate of drug-likeness (QED) is 0.327. The summed E-state index contributed by atoms with van der Waals surface area (Å²) in [5, 5.41) is 10.6. The third-order valence-electron chi connectivity index (χ3n) is 4.22. The van der Waals surface area contributed by atoms with Gasteiger partial charge in [0.15, 0.2) is 5.58 Å². The minimum atomic E-state index is -1.36. The minimum absolute atomic E-state index is 0.00840. The molecule has 0 saturated carbocycles. The Balaban J connectivity index is 1.73. The number of carbonyl (C=O) groups excluding carboxylic acids is 1. The highest BCUT2D eigenvalue weighted by Gasteiger charge is 2.25. The number of oxazole rings is 1. The molecule has 0 unspecified atom stereocenters. The van der Waals surface area contributed by atoms with E-state index in [4.69, 9.17) is 16.0 Å². The van der Waals surface area contributed by atoms with Crippen molar-refractivity contribution in [3.8, 4) is 10.4 Å². The van der Waals surface area contributed by atoms with E-state index in [1.165, 1.54) is 5.38 Å². The lowest BCUT2D eigenvalue weighted by Gasteiger charge is -2.06. The summed E-state index contributed by atoms with van der Waals surface area (Å²) in [4.78, 5) is 28.5. The number of benzene rings is 2. The van der Waals surface area contributed by atoms with Crippen molar-refractivity contribution >= 4 is 45.8 Å². The standard InChI is InChI=1S/C20H10ClF2NO4S/c21-11-7-12(22)10(6-13(11)23)18-17(20(26)27)9(8-29-18)5-15(25)19-24-14-3-1-2-4-16(14)28-19/h1-4,6-8H,5H2,(H,26,27). The molecule has 0 atom stereocenters. The lowest BCUT2D eigenvalue weighted by atomic mass is 10.0. The van der Waals surface area contributed by atoms with Crippen LogP contribution in [0, 0.1) is 11.6 Å². The van der Waals surface area contributed by atoms with E-state index in [9.17, 15) is 23.5 Å². The average Bonchev–Trinajstić information content (AvgIpc) is 3.28. The number of fused-ring (bicyclic) bond motifs is 1. The third kappa shape index (κ3) is 3.52. The molecule has 5 nitrogen and oxygen atoms in total. The van der Waals surface area contributed by atoms with Crippen molar-refractivity contribution in [2.45, 2.75) is 6.42 Å². The largest absolute Gasteiger partial charge is 0.478 e. The first-order valence-corrected chi connectivity index (χ1v) is 9.48. The number of carboxylic acids is 1. The number of rotatable bonds is 5. The van der Waals surface area contributed by atoms with Crippen molar-refractivity contribution in [3.05, 3.63) is 75.5 Å². The molecule has 0 amide bonds. The topological polar surface area (TPSA) is 80.4 Å². The van der Waals surface area contributed by atoms with Gasteiger partial charge in [-0.3, -0.25) is 4.79 Å². The SMILES string of the molecule is O=C(Cc1csc(-c2cc(F)c(Cl)cc2F)c1C(=O)O)c1nc2ccccc2o1. The van der Waals surface area contributed by atoms with Gasteiger partial charge < -0.3 is 9.52 Å². The molecule has 2 aromatic carbocycles. The first-order chi connectivity index (χ1) is 13.8. The number of hydrogen-bond acceptors (Lipinski definition) is 5. The van der Waals surface area contributed by atoms with Crippen molar-refractivity contribution in [2.75, 3.05) is 0 Å². The van der Waals surface area contributed by atoms with E-state index in [1.54, 1.807) is 24.3 Å². The van der Waals surface area contributed by atoms with Gasteiger partial charge in [-0.1, -0.05) is 23.7 Å². The second kappa shape index (κ2) is 7.38. The summed E-state index contributed by atoms with van der Waals surface area (Å²) in [6, 6.07) is 8.42. The van der Waals surface area contributed by atoms with Gasteiger partial charge in [0.2, 0.25) is 5.78 Å². The van der Waals surface area contributed by atoms with Crippen molar-refractivity contribution in [1.82, 2.24) is 4.98 Å². The van der Waals surface area contributed by atoms with Gasteiger partial charge in [-0.2, -0.15) is 0 Å². The number of ketones is 1. The maximum absolute atomic E-state index is 14.3. The molecule has 0 spiro atoms. The highest BCUT2D eigenvalue weighted by molar-refractivity contribution is 7.14. The summed E-state index contributed by atoms with van der Waals surface area (Å²) in [6.45, 7) is 0. The van der Waals surface area contributed by atoms with E-state index in [0.29, 0.717) is 11.1 Å². The Labute approximate surface area is 171 Å². The van der Waals surface area contributed by atoms with Crippen molar-refractivity contribution in [3.63, 3.8) is 0 Å². The Kier molecular flexibility index (Phi) is 4.89. The van der Waals surface area contributed by atoms with Crippen molar-refractivity contribution < 1.29 is 27.9 Å². The van der Waals surface area contributed by atoms with Crippen LogP contribution < -0.4 is 0 Å². The number of carboxylic acid groups (broad SMARTS) is 1. The number of para-hydroxylation sites is 2. The van der Waals surface area contributed by atoms with Gasteiger partial charge in [0, 0.05) is 12.0 Å². The Morgan fingerprint density at radius 2 is 1.93 bits per heavy atom. The van der Waals surface area contributed by atoms with Crippen LogP contribution in [0.3, 0.4) is 0 Å². The Hall–Kier alpha value is -3.10. The predicted molar refractivity (Wildman–Crippen MR) is 104 cm³/mol. The van der Waals surface area contributed by atoms with Gasteiger partial charge in [0.25, 0.3) is 5.89 Å². The zero-order valence-electron chi connectivity index (χ0n) is 14.4. The first-order valence-electron chi connectivity index (χ1n) is 8.22. The second-order valence-corrected chi connectivity index (χ2v) is 7.39. The fraction of sp³-hybridized carbons (Fsp3) is 0.0500. The average molecular weight is 434 g/mol. The highest BCUT2D eigenvalue weighted by atomic mass is 35.5. The van der Waals surface area contributed by atoms with Crippen LogP contribution in [0.4, 0.5) is 8.78 Å². The lowest BCUT2D eigenvalue weighted by Crippen LogP contribution is -2.08. The molecule has 2 aromatic heterocycles. The van der Waals surface area contributed by atoms with Crippen LogP contribution in [-0.2, 0) is 6.42 Å². The second-order valence-electron chi connectivity index (χ2n) is 6.10. The molecule has 1 N–H and O–H groups in total. The summed E-state index contributed by atoms with van der Waals surface area (Å²) < 4.78 is 33.5. The molecule has 0 aliphatic carbocycles. The molecule has 9 heteroatoms. The van der Waals surface area contributed by atoms with E-state index in [-0.39, 0.29) is 33.9 Å². The summed E-state index contributed by atoms with van der Waals surface area (Å²) in [5.74, 6) is -3.79. The number of Topliss-reactive ketones (excluding diaryl/α,β-unsaturated/α-hetero) is 1. The summed E-state index contributed by atoms with van der Waals surface area (Å²) in [6.07, 6.45) is -0.317. The summed E-state index contributed by atoms with van der Waals surface area (Å²) in [5.41, 5.74) is 0.563. The number of aromatic carboxylic acids is 1. The van der Waals surface area contributed by atoms with Crippen molar-refractivity contribution in [2.24, 2.45) is 0 Å². The molecule has 146 valence electrons. The number of nitrogens with zero attached hydrogens (tertiary/aromatic N) is 1. The smallest absolute Gasteiger partial charge is 0.337 e. The fourth-order valence-corrected chi connectivity index (χ4v) is 4.12. The van der Waals surface area contributed by atoms with E-state index >= 15 is 0 Å². The zero-order valence-corrected chi connectivity index (χ0v) is 16.0. The molecule has 29 heavy (non-hydrogen) atoms. The molecule has 0 saturated heterocycles. The third-order valence-corrected chi connectivity index (χ3v) is 5.57. The first kappa shape index (κ1) is 19.2. The number of thiophene rings is 1. The summed E-state index contributed by atoms with van der Waals surface area (Å²) >= 11 is 6.46. The van der Waals surface area contributed by atoms with Crippen LogP contribution in [-0.4, -0.2) is 21.8 Å². The molecular weight excluding hydrogens is 424 g/mol. The predicted octanol–water partition coefficient (Wildman–Crippen LogP) is 5.61. The molecule has 4 aromatic rings. The molecule has 0 aliphatic heterocycles. The van der Waals surface area contributed by atoms with Gasteiger partial charge in [-0.15, -0.1) is 11.3 Å². The number of hydrogen-bond donors (Lipinski definition) is 1. The van der Waals surface area contributed by atoms with Gasteiger partial charge in [-0.05, 0) is 35.2 Å².